The number of rotatable bonds is 3. The Kier molecular flexibility index (Phi) is 3.57. The van der Waals surface area contributed by atoms with Crippen LogP contribution in [0, 0.1) is 5.92 Å². The van der Waals surface area contributed by atoms with Crippen molar-refractivity contribution in [3.05, 3.63) is 0 Å². The third kappa shape index (κ3) is 2.58. The molecule has 1 saturated carbocycles. The molecule has 1 saturated heterocycles. The number of aliphatic hydroxyl groups is 1. The van der Waals surface area contributed by atoms with E-state index in [1.807, 2.05) is 0 Å². The van der Waals surface area contributed by atoms with Gasteiger partial charge in [-0.15, -0.1) is 0 Å². The molecule has 0 amide bonds. The fraction of sp³-hybridized carbons (Fsp3) is 1.00. The molecule has 2 atom stereocenters. The zero-order valence-electron chi connectivity index (χ0n) is 10.9. The molecule has 0 bridgehead atoms. The minimum Gasteiger partial charge on any atom is -0.389 e. The summed E-state index contributed by atoms with van der Waals surface area (Å²) >= 11 is 0. The average molecular weight is 226 g/mol. The fourth-order valence-corrected chi connectivity index (χ4v) is 3.46. The Bertz CT molecular complexity index is 236. The summed E-state index contributed by atoms with van der Waals surface area (Å²) in [4.78, 5) is 4.78. The van der Waals surface area contributed by atoms with Crippen molar-refractivity contribution in [2.24, 2.45) is 5.92 Å². The van der Waals surface area contributed by atoms with E-state index in [9.17, 15) is 5.11 Å². The van der Waals surface area contributed by atoms with Gasteiger partial charge in [-0.05, 0) is 32.9 Å². The zero-order chi connectivity index (χ0) is 11.8. The highest BCUT2D eigenvalue weighted by atomic mass is 16.3. The summed E-state index contributed by atoms with van der Waals surface area (Å²) in [6.07, 6.45) is 4.42. The lowest BCUT2D eigenvalue weighted by atomic mass is 10.0. The minimum absolute atomic E-state index is 0.374. The van der Waals surface area contributed by atoms with E-state index in [4.69, 9.17) is 0 Å². The molecule has 2 aliphatic rings. The van der Waals surface area contributed by atoms with Crippen molar-refractivity contribution in [1.82, 2.24) is 9.80 Å². The lowest BCUT2D eigenvalue weighted by Crippen LogP contribution is -2.41. The quantitative estimate of drug-likeness (QED) is 0.782. The van der Waals surface area contributed by atoms with Crippen LogP contribution in [0.25, 0.3) is 0 Å². The molecule has 2 unspecified atom stereocenters. The molecule has 1 heterocycles. The topological polar surface area (TPSA) is 26.7 Å². The van der Waals surface area contributed by atoms with Crippen LogP contribution < -0.4 is 0 Å². The van der Waals surface area contributed by atoms with Gasteiger partial charge in [0, 0.05) is 25.7 Å². The van der Waals surface area contributed by atoms with Crippen LogP contribution >= 0.6 is 0 Å². The van der Waals surface area contributed by atoms with Gasteiger partial charge in [0.05, 0.1) is 5.60 Å². The predicted octanol–water partition coefficient (Wildman–Crippen LogP) is 1.17. The molecule has 1 aliphatic carbocycles. The summed E-state index contributed by atoms with van der Waals surface area (Å²) in [5.74, 6) is 0.722. The highest BCUT2D eigenvalue weighted by Crippen LogP contribution is 2.32. The van der Waals surface area contributed by atoms with Gasteiger partial charge in [-0.3, -0.25) is 4.90 Å². The van der Waals surface area contributed by atoms with Gasteiger partial charge in [0.2, 0.25) is 0 Å². The third-order valence-corrected chi connectivity index (χ3v) is 4.36. The highest BCUT2D eigenvalue weighted by molar-refractivity contribution is 4.93. The van der Waals surface area contributed by atoms with Crippen molar-refractivity contribution >= 4 is 0 Å². The second-order valence-electron chi connectivity index (χ2n) is 6.13. The number of hydrogen-bond donors (Lipinski definition) is 1. The summed E-state index contributed by atoms with van der Waals surface area (Å²) in [5.41, 5.74) is -0.374. The Morgan fingerprint density at radius 3 is 2.38 bits per heavy atom. The van der Waals surface area contributed by atoms with Crippen LogP contribution in [-0.4, -0.2) is 60.3 Å². The molecule has 0 aromatic heterocycles. The van der Waals surface area contributed by atoms with Crippen molar-refractivity contribution in [2.45, 2.75) is 44.2 Å². The minimum atomic E-state index is -0.374. The SMILES string of the molecule is CC1CN(CC2(O)CCCC2)CC1N(C)C. The molecule has 0 radical (unpaired) electrons. The van der Waals surface area contributed by atoms with Gasteiger partial charge < -0.3 is 10.0 Å². The smallest absolute Gasteiger partial charge is 0.0774 e. The van der Waals surface area contributed by atoms with E-state index in [1.165, 1.54) is 12.8 Å². The first-order chi connectivity index (χ1) is 7.50. The van der Waals surface area contributed by atoms with Gasteiger partial charge in [0.15, 0.2) is 0 Å². The zero-order valence-corrected chi connectivity index (χ0v) is 10.9. The average Bonchev–Trinajstić information content (AvgIpc) is 2.73. The Balaban J connectivity index is 1.88. The molecular weight excluding hydrogens is 200 g/mol. The van der Waals surface area contributed by atoms with E-state index in [0.29, 0.717) is 6.04 Å². The molecule has 0 aromatic rings. The first kappa shape index (κ1) is 12.3. The summed E-state index contributed by atoms with van der Waals surface area (Å²) in [7, 11) is 4.32. The molecule has 3 heteroatoms. The van der Waals surface area contributed by atoms with Crippen LogP contribution in [0.1, 0.15) is 32.6 Å². The maximum absolute atomic E-state index is 10.4. The maximum atomic E-state index is 10.4. The molecule has 16 heavy (non-hydrogen) atoms. The lowest BCUT2D eigenvalue weighted by Gasteiger charge is -2.29. The largest absolute Gasteiger partial charge is 0.389 e. The Morgan fingerprint density at radius 1 is 1.25 bits per heavy atom. The number of likely N-dealkylation sites (tertiary alicyclic amines) is 1. The highest BCUT2D eigenvalue weighted by Gasteiger charge is 2.38. The second kappa shape index (κ2) is 4.63. The van der Waals surface area contributed by atoms with Crippen molar-refractivity contribution in [2.75, 3.05) is 33.7 Å². The van der Waals surface area contributed by atoms with E-state index in [1.54, 1.807) is 0 Å². The van der Waals surface area contributed by atoms with Gasteiger partial charge in [0.25, 0.3) is 0 Å². The standard InChI is InChI=1S/C13H26N2O/c1-11-8-15(9-12(11)14(2)3)10-13(16)6-4-5-7-13/h11-12,16H,4-10H2,1-3H3. The van der Waals surface area contributed by atoms with Gasteiger partial charge in [-0.25, -0.2) is 0 Å². The normalized spacial score (nSPS) is 35.1. The molecule has 0 aromatic carbocycles. The van der Waals surface area contributed by atoms with Crippen LogP contribution in [0.2, 0.25) is 0 Å². The van der Waals surface area contributed by atoms with Crippen LogP contribution in [-0.2, 0) is 0 Å². The summed E-state index contributed by atoms with van der Waals surface area (Å²) in [5, 5.41) is 10.4. The van der Waals surface area contributed by atoms with E-state index >= 15 is 0 Å². The summed E-state index contributed by atoms with van der Waals surface area (Å²) < 4.78 is 0. The van der Waals surface area contributed by atoms with Crippen LogP contribution in [0.5, 0.6) is 0 Å². The van der Waals surface area contributed by atoms with Crippen LogP contribution in [0.3, 0.4) is 0 Å². The maximum Gasteiger partial charge on any atom is 0.0774 e. The molecular formula is C13H26N2O. The van der Waals surface area contributed by atoms with Crippen molar-refractivity contribution in [3.63, 3.8) is 0 Å². The van der Waals surface area contributed by atoms with Gasteiger partial charge in [-0.1, -0.05) is 19.8 Å². The number of β-amino-alcohol motifs (C(OH)–C–C–N with tert-alkyl or cyclic N) is 1. The van der Waals surface area contributed by atoms with Crippen LogP contribution in [0.4, 0.5) is 0 Å². The Labute approximate surface area is 99.4 Å². The Morgan fingerprint density at radius 2 is 1.88 bits per heavy atom. The monoisotopic (exact) mass is 226 g/mol. The van der Waals surface area contributed by atoms with Gasteiger partial charge in [0.1, 0.15) is 0 Å². The molecule has 3 nitrogen and oxygen atoms in total. The van der Waals surface area contributed by atoms with E-state index < -0.39 is 0 Å². The van der Waals surface area contributed by atoms with E-state index in [-0.39, 0.29) is 5.60 Å². The number of hydrogen-bond acceptors (Lipinski definition) is 3. The van der Waals surface area contributed by atoms with Crippen LogP contribution in [0.15, 0.2) is 0 Å². The van der Waals surface area contributed by atoms with E-state index in [0.717, 1.165) is 38.4 Å². The van der Waals surface area contributed by atoms with Crippen molar-refractivity contribution < 1.29 is 5.11 Å². The molecule has 1 aliphatic heterocycles. The molecule has 1 N–H and O–H groups in total. The second-order valence-corrected chi connectivity index (χ2v) is 6.13. The summed E-state index contributed by atoms with van der Waals surface area (Å²) in [6, 6.07) is 0.657. The molecule has 94 valence electrons. The fourth-order valence-electron chi connectivity index (χ4n) is 3.46. The first-order valence-corrected chi connectivity index (χ1v) is 6.61. The molecule has 0 spiro atoms. The first-order valence-electron chi connectivity index (χ1n) is 6.61. The molecule has 2 rings (SSSR count). The van der Waals surface area contributed by atoms with E-state index in [2.05, 4.69) is 30.8 Å². The summed E-state index contributed by atoms with van der Waals surface area (Å²) in [6.45, 7) is 5.48. The van der Waals surface area contributed by atoms with Crippen molar-refractivity contribution in [3.8, 4) is 0 Å². The molecule has 2 fully saturated rings. The van der Waals surface area contributed by atoms with Crippen molar-refractivity contribution in [1.29, 1.82) is 0 Å². The third-order valence-electron chi connectivity index (χ3n) is 4.36. The van der Waals surface area contributed by atoms with Gasteiger partial charge >= 0.3 is 0 Å². The number of likely N-dealkylation sites (N-methyl/N-ethyl adjacent to an activating group) is 1. The Hall–Kier alpha value is -0.120. The number of nitrogens with zero attached hydrogens (tertiary/aromatic N) is 2. The van der Waals surface area contributed by atoms with Gasteiger partial charge in [-0.2, -0.15) is 0 Å². The predicted molar refractivity (Wildman–Crippen MR) is 66.5 cm³/mol. The lowest BCUT2D eigenvalue weighted by molar-refractivity contribution is 0.0140.